The average molecular weight is 277 g/mol. The SMILES string of the molecule is CNc1ccc(OCCSc2ccccc2F)cc1. The van der Waals surface area contributed by atoms with E-state index in [-0.39, 0.29) is 5.82 Å². The Hall–Kier alpha value is -1.68. The van der Waals surface area contributed by atoms with Crippen LogP contribution in [-0.4, -0.2) is 19.4 Å². The fourth-order valence-electron chi connectivity index (χ4n) is 1.59. The molecule has 19 heavy (non-hydrogen) atoms. The zero-order chi connectivity index (χ0) is 13.5. The minimum atomic E-state index is -0.175. The Morgan fingerprint density at radius 1 is 1.11 bits per heavy atom. The molecular weight excluding hydrogens is 261 g/mol. The molecule has 0 amide bonds. The molecule has 0 unspecified atom stereocenters. The molecule has 4 heteroatoms. The summed E-state index contributed by atoms with van der Waals surface area (Å²) in [5, 5.41) is 3.05. The fourth-order valence-corrected chi connectivity index (χ4v) is 2.36. The molecule has 0 spiro atoms. The van der Waals surface area contributed by atoms with Gasteiger partial charge in [0.05, 0.1) is 6.61 Å². The lowest BCUT2D eigenvalue weighted by molar-refractivity contribution is 0.344. The monoisotopic (exact) mass is 277 g/mol. The smallest absolute Gasteiger partial charge is 0.136 e. The number of hydrogen-bond donors (Lipinski definition) is 1. The summed E-state index contributed by atoms with van der Waals surface area (Å²) >= 11 is 1.46. The van der Waals surface area contributed by atoms with Crippen LogP contribution in [0.15, 0.2) is 53.4 Å². The van der Waals surface area contributed by atoms with Gasteiger partial charge < -0.3 is 10.1 Å². The van der Waals surface area contributed by atoms with Crippen molar-refractivity contribution in [3.05, 3.63) is 54.3 Å². The van der Waals surface area contributed by atoms with E-state index in [9.17, 15) is 4.39 Å². The second-order valence-electron chi connectivity index (χ2n) is 3.90. The zero-order valence-electron chi connectivity index (χ0n) is 10.7. The molecule has 100 valence electrons. The average Bonchev–Trinajstić information content (AvgIpc) is 2.46. The predicted molar refractivity (Wildman–Crippen MR) is 78.6 cm³/mol. The number of halogens is 1. The van der Waals surface area contributed by atoms with Crippen LogP contribution in [0.3, 0.4) is 0 Å². The Labute approximate surface area is 117 Å². The van der Waals surface area contributed by atoms with Gasteiger partial charge in [0, 0.05) is 23.4 Å². The summed E-state index contributed by atoms with van der Waals surface area (Å²) < 4.78 is 19.0. The molecule has 0 fully saturated rings. The van der Waals surface area contributed by atoms with E-state index in [4.69, 9.17) is 4.74 Å². The Morgan fingerprint density at radius 3 is 2.53 bits per heavy atom. The summed E-state index contributed by atoms with van der Waals surface area (Å²) in [6, 6.07) is 14.5. The summed E-state index contributed by atoms with van der Waals surface area (Å²) in [6.07, 6.45) is 0. The van der Waals surface area contributed by atoms with Crippen LogP contribution in [0.5, 0.6) is 5.75 Å². The first-order valence-corrected chi connectivity index (χ1v) is 7.06. The van der Waals surface area contributed by atoms with E-state index < -0.39 is 0 Å². The summed E-state index contributed by atoms with van der Waals surface area (Å²) in [7, 11) is 1.88. The molecule has 0 aliphatic rings. The lowest BCUT2D eigenvalue weighted by Gasteiger charge is -2.07. The first-order chi connectivity index (χ1) is 9.29. The van der Waals surface area contributed by atoms with Gasteiger partial charge in [-0.1, -0.05) is 12.1 Å². The van der Waals surface area contributed by atoms with E-state index in [2.05, 4.69) is 5.32 Å². The van der Waals surface area contributed by atoms with Crippen LogP contribution < -0.4 is 10.1 Å². The fraction of sp³-hybridized carbons (Fsp3) is 0.200. The normalized spacial score (nSPS) is 10.2. The predicted octanol–water partition coefficient (Wildman–Crippen LogP) is 4.04. The van der Waals surface area contributed by atoms with Gasteiger partial charge in [-0.25, -0.2) is 4.39 Å². The molecule has 0 aliphatic carbocycles. The molecule has 0 saturated carbocycles. The molecule has 0 aliphatic heterocycles. The van der Waals surface area contributed by atoms with E-state index in [0.29, 0.717) is 17.3 Å². The molecule has 2 aromatic rings. The summed E-state index contributed by atoms with van der Waals surface area (Å²) in [4.78, 5) is 0.664. The zero-order valence-corrected chi connectivity index (χ0v) is 11.5. The van der Waals surface area contributed by atoms with Crippen molar-refractivity contribution in [3.8, 4) is 5.75 Å². The highest BCUT2D eigenvalue weighted by Gasteiger charge is 2.01. The minimum Gasteiger partial charge on any atom is -0.493 e. The third-order valence-corrected chi connectivity index (χ3v) is 3.60. The molecule has 0 heterocycles. The van der Waals surface area contributed by atoms with E-state index in [1.54, 1.807) is 12.1 Å². The summed E-state index contributed by atoms with van der Waals surface area (Å²) in [5.74, 6) is 1.37. The number of ether oxygens (including phenoxy) is 1. The largest absolute Gasteiger partial charge is 0.493 e. The van der Waals surface area contributed by atoms with Crippen molar-refractivity contribution in [3.63, 3.8) is 0 Å². The molecule has 0 aromatic heterocycles. The number of anilines is 1. The molecule has 1 N–H and O–H groups in total. The van der Waals surface area contributed by atoms with Crippen LogP contribution in [0.4, 0.5) is 10.1 Å². The van der Waals surface area contributed by atoms with Crippen molar-refractivity contribution in [2.75, 3.05) is 24.7 Å². The van der Waals surface area contributed by atoms with Crippen LogP contribution in [0.1, 0.15) is 0 Å². The van der Waals surface area contributed by atoms with Gasteiger partial charge >= 0.3 is 0 Å². The van der Waals surface area contributed by atoms with Gasteiger partial charge in [0.1, 0.15) is 11.6 Å². The van der Waals surface area contributed by atoms with Crippen LogP contribution >= 0.6 is 11.8 Å². The van der Waals surface area contributed by atoms with Crippen LogP contribution in [0, 0.1) is 5.82 Å². The van der Waals surface area contributed by atoms with Gasteiger partial charge in [0.15, 0.2) is 0 Å². The molecule has 0 radical (unpaired) electrons. The van der Waals surface area contributed by atoms with Gasteiger partial charge in [-0.2, -0.15) is 0 Å². The maximum Gasteiger partial charge on any atom is 0.136 e. The number of thioether (sulfide) groups is 1. The van der Waals surface area contributed by atoms with Crippen molar-refractivity contribution in [2.45, 2.75) is 4.90 Å². The molecule has 0 atom stereocenters. The van der Waals surface area contributed by atoms with E-state index in [1.807, 2.05) is 37.4 Å². The summed E-state index contributed by atoms with van der Waals surface area (Å²) in [5.41, 5.74) is 1.05. The molecule has 2 nitrogen and oxygen atoms in total. The van der Waals surface area contributed by atoms with E-state index >= 15 is 0 Å². The van der Waals surface area contributed by atoms with Gasteiger partial charge in [-0.05, 0) is 36.4 Å². The van der Waals surface area contributed by atoms with Crippen molar-refractivity contribution in [1.82, 2.24) is 0 Å². The Kier molecular flexibility index (Phi) is 5.10. The quantitative estimate of drug-likeness (QED) is 0.636. The highest BCUT2D eigenvalue weighted by atomic mass is 32.2. The molecule has 2 rings (SSSR count). The highest BCUT2D eigenvalue weighted by Crippen LogP contribution is 2.21. The third kappa shape index (κ3) is 4.17. The minimum absolute atomic E-state index is 0.175. The van der Waals surface area contributed by atoms with Crippen molar-refractivity contribution in [1.29, 1.82) is 0 Å². The first-order valence-electron chi connectivity index (χ1n) is 6.07. The molecular formula is C15H16FNOS. The van der Waals surface area contributed by atoms with Crippen LogP contribution in [-0.2, 0) is 0 Å². The number of rotatable bonds is 6. The molecule has 0 saturated heterocycles. The lowest BCUT2D eigenvalue weighted by Crippen LogP contribution is -2.00. The maximum absolute atomic E-state index is 13.4. The Bertz CT molecular complexity index is 516. The summed E-state index contributed by atoms with van der Waals surface area (Å²) in [6.45, 7) is 0.553. The molecule has 0 bridgehead atoms. The second kappa shape index (κ2) is 7.04. The number of hydrogen-bond acceptors (Lipinski definition) is 3. The third-order valence-electron chi connectivity index (χ3n) is 2.59. The lowest BCUT2D eigenvalue weighted by atomic mass is 10.3. The Balaban J connectivity index is 1.76. The van der Waals surface area contributed by atoms with E-state index in [1.165, 1.54) is 17.8 Å². The number of nitrogens with one attached hydrogen (secondary N) is 1. The van der Waals surface area contributed by atoms with Crippen molar-refractivity contribution in [2.24, 2.45) is 0 Å². The van der Waals surface area contributed by atoms with Gasteiger partial charge in [-0.3, -0.25) is 0 Å². The Morgan fingerprint density at radius 2 is 1.84 bits per heavy atom. The standard InChI is InChI=1S/C15H16FNOS/c1-17-12-6-8-13(9-7-12)18-10-11-19-15-5-3-2-4-14(15)16/h2-9,17H,10-11H2,1H3. The van der Waals surface area contributed by atoms with Crippen molar-refractivity contribution < 1.29 is 9.13 Å². The topological polar surface area (TPSA) is 21.3 Å². The highest BCUT2D eigenvalue weighted by molar-refractivity contribution is 7.99. The van der Waals surface area contributed by atoms with Gasteiger partial charge in [0.25, 0.3) is 0 Å². The van der Waals surface area contributed by atoms with Crippen LogP contribution in [0.25, 0.3) is 0 Å². The van der Waals surface area contributed by atoms with E-state index in [0.717, 1.165) is 11.4 Å². The van der Waals surface area contributed by atoms with Gasteiger partial charge in [-0.15, -0.1) is 11.8 Å². The first kappa shape index (κ1) is 13.7. The second-order valence-corrected chi connectivity index (χ2v) is 5.04. The molecule has 2 aromatic carbocycles. The maximum atomic E-state index is 13.4. The van der Waals surface area contributed by atoms with Gasteiger partial charge in [0.2, 0.25) is 0 Å². The van der Waals surface area contributed by atoms with Crippen LogP contribution in [0.2, 0.25) is 0 Å². The number of benzene rings is 2. The van der Waals surface area contributed by atoms with Crippen molar-refractivity contribution >= 4 is 17.4 Å².